The fourth-order valence-corrected chi connectivity index (χ4v) is 4.85. The van der Waals surface area contributed by atoms with Crippen LogP contribution in [0.5, 0.6) is 5.75 Å². The molecule has 1 aliphatic carbocycles. The van der Waals surface area contributed by atoms with E-state index in [1.54, 1.807) is 6.20 Å². The van der Waals surface area contributed by atoms with Crippen LogP contribution < -0.4 is 9.64 Å². The van der Waals surface area contributed by atoms with E-state index < -0.39 is 10.0 Å². The second kappa shape index (κ2) is 7.06. The van der Waals surface area contributed by atoms with Crippen LogP contribution in [0.4, 0.5) is 5.82 Å². The first-order chi connectivity index (χ1) is 14.3. The fourth-order valence-electron chi connectivity index (χ4n) is 4.02. The molecule has 2 aliphatic heterocycles. The van der Waals surface area contributed by atoms with Crippen LogP contribution in [0.25, 0.3) is 0 Å². The summed E-state index contributed by atoms with van der Waals surface area (Å²) < 4.78 is 31.2. The molecule has 0 N–H and O–H groups in total. The van der Waals surface area contributed by atoms with E-state index in [4.69, 9.17) is 9.73 Å². The van der Waals surface area contributed by atoms with Crippen molar-refractivity contribution in [1.29, 1.82) is 0 Å². The van der Waals surface area contributed by atoms with Crippen molar-refractivity contribution in [3.8, 4) is 5.75 Å². The summed E-state index contributed by atoms with van der Waals surface area (Å²) in [4.78, 5) is 11.4. The number of hydrogen-bond acceptors (Lipinski definition) is 6. The Bertz CT molecular complexity index is 1120. The summed E-state index contributed by atoms with van der Waals surface area (Å²) in [5.41, 5.74) is 4.31. The molecule has 2 fully saturated rings. The molecule has 0 unspecified atom stereocenters. The molecule has 158 valence electrons. The number of pyridine rings is 1. The van der Waals surface area contributed by atoms with Crippen molar-refractivity contribution in [2.75, 3.05) is 37.3 Å². The molecule has 7 nitrogen and oxygen atoms in total. The van der Waals surface area contributed by atoms with Crippen LogP contribution in [-0.4, -0.2) is 61.5 Å². The molecule has 1 saturated heterocycles. The van der Waals surface area contributed by atoms with E-state index in [1.807, 2.05) is 12.1 Å². The minimum absolute atomic E-state index is 0.0118. The standard InChI is InChI=1S/C22H26N4O3S/c1-22(6-7-22)29-18-4-3-17-15-24-21(19(17)14-18)16-5-8-23-20(13-16)25-9-11-26(12-10-25)30(2,27)28/h3-5,8,13-14H,6-7,9-12,15H2,1-2H3. The fraction of sp³-hybridized carbons (Fsp3) is 0.455. The van der Waals surface area contributed by atoms with Gasteiger partial charge in [-0.2, -0.15) is 4.31 Å². The predicted octanol–water partition coefficient (Wildman–Crippen LogP) is 2.45. The van der Waals surface area contributed by atoms with Gasteiger partial charge >= 0.3 is 0 Å². The van der Waals surface area contributed by atoms with Gasteiger partial charge in [-0.3, -0.25) is 4.99 Å². The highest BCUT2D eigenvalue weighted by molar-refractivity contribution is 7.88. The summed E-state index contributed by atoms with van der Waals surface area (Å²) in [6.45, 7) is 5.04. The number of aliphatic imine (C=N–C) groups is 1. The Morgan fingerprint density at radius 3 is 2.53 bits per heavy atom. The van der Waals surface area contributed by atoms with Crippen LogP contribution in [0.1, 0.15) is 36.5 Å². The molecule has 0 amide bonds. The number of piperazine rings is 1. The van der Waals surface area contributed by atoms with Crippen molar-refractivity contribution >= 4 is 21.6 Å². The van der Waals surface area contributed by atoms with Gasteiger partial charge in [0.1, 0.15) is 17.2 Å². The van der Waals surface area contributed by atoms with Crippen LogP contribution >= 0.6 is 0 Å². The van der Waals surface area contributed by atoms with E-state index in [0.29, 0.717) is 32.7 Å². The van der Waals surface area contributed by atoms with Gasteiger partial charge in [0.25, 0.3) is 0 Å². The highest BCUT2D eigenvalue weighted by Crippen LogP contribution is 2.40. The first-order valence-electron chi connectivity index (χ1n) is 10.3. The van der Waals surface area contributed by atoms with E-state index in [9.17, 15) is 8.42 Å². The maximum atomic E-state index is 11.8. The smallest absolute Gasteiger partial charge is 0.211 e. The maximum absolute atomic E-state index is 11.8. The largest absolute Gasteiger partial charge is 0.488 e. The number of rotatable bonds is 5. The summed E-state index contributed by atoms with van der Waals surface area (Å²) in [5, 5.41) is 0. The Morgan fingerprint density at radius 2 is 1.83 bits per heavy atom. The summed E-state index contributed by atoms with van der Waals surface area (Å²) in [6, 6.07) is 10.3. The normalized spacial score (nSPS) is 20.6. The lowest BCUT2D eigenvalue weighted by Gasteiger charge is -2.34. The van der Waals surface area contributed by atoms with Gasteiger partial charge in [-0.1, -0.05) is 6.07 Å². The van der Waals surface area contributed by atoms with E-state index in [1.165, 1.54) is 16.1 Å². The van der Waals surface area contributed by atoms with Gasteiger partial charge in [0.2, 0.25) is 10.0 Å². The van der Waals surface area contributed by atoms with Crippen LogP contribution in [0.15, 0.2) is 41.5 Å². The van der Waals surface area contributed by atoms with Crippen LogP contribution in [0, 0.1) is 0 Å². The molecule has 2 aromatic rings. The third kappa shape index (κ3) is 3.81. The van der Waals surface area contributed by atoms with Crippen LogP contribution in [0.2, 0.25) is 0 Å². The minimum Gasteiger partial charge on any atom is -0.488 e. The van der Waals surface area contributed by atoms with Crippen LogP contribution in [-0.2, 0) is 16.6 Å². The molecular formula is C22H26N4O3S. The molecule has 1 saturated carbocycles. The summed E-state index contributed by atoms with van der Waals surface area (Å²) in [6.07, 6.45) is 5.27. The van der Waals surface area contributed by atoms with Crippen molar-refractivity contribution in [1.82, 2.24) is 9.29 Å². The highest BCUT2D eigenvalue weighted by Gasteiger charge is 2.40. The number of sulfonamides is 1. The zero-order chi connectivity index (χ0) is 20.9. The summed E-state index contributed by atoms with van der Waals surface area (Å²) in [7, 11) is -3.14. The molecule has 3 heterocycles. The third-order valence-electron chi connectivity index (χ3n) is 6.11. The average Bonchev–Trinajstić information content (AvgIpc) is 3.30. The highest BCUT2D eigenvalue weighted by atomic mass is 32.2. The Hall–Kier alpha value is -2.45. The second-order valence-corrected chi connectivity index (χ2v) is 10.6. The number of benzene rings is 1. The van der Waals surface area contributed by atoms with Gasteiger partial charge in [0.15, 0.2) is 0 Å². The zero-order valence-corrected chi connectivity index (χ0v) is 18.2. The molecule has 0 atom stereocenters. The molecule has 0 radical (unpaired) electrons. The summed E-state index contributed by atoms with van der Waals surface area (Å²) in [5.74, 6) is 1.75. The molecule has 8 heteroatoms. The quantitative estimate of drug-likeness (QED) is 0.734. The van der Waals surface area contributed by atoms with Gasteiger partial charge < -0.3 is 9.64 Å². The van der Waals surface area contributed by atoms with Gasteiger partial charge in [0, 0.05) is 43.5 Å². The Balaban J connectivity index is 1.37. The molecule has 1 aromatic carbocycles. The first-order valence-corrected chi connectivity index (χ1v) is 12.2. The number of ether oxygens (including phenoxy) is 1. The summed E-state index contributed by atoms with van der Waals surface area (Å²) >= 11 is 0. The third-order valence-corrected chi connectivity index (χ3v) is 7.42. The lowest BCUT2D eigenvalue weighted by Crippen LogP contribution is -2.48. The minimum atomic E-state index is -3.14. The number of hydrogen-bond donors (Lipinski definition) is 0. The van der Waals surface area contributed by atoms with E-state index in [0.717, 1.165) is 41.2 Å². The molecule has 5 rings (SSSR count). The van der Waals surface area contributed by atoms with Gasteiger partial charge in [-0.15, -0.1) is 0 Å². The lowest BCUT2D eigenvalue weighted by atomic mass is 10.0. The molecular weight excluding hydrogens is 400 g/mol. The van der Waals surface area contributed by atoms with E-state index in [-0.39, 0.29) is 5.60 Å². The molecule has 3 aliphatic rings. The molecule has 0 bridgehead atoms. The number of nitrogens with zero attached hydrogens (tertiary/aromatic N) is 4. The van der Waals surface area contributed by atoms with Crippen molar-refractivity contribution in [2.24, 2.45) is 4.99 Å². The first kappa shape index (κ1) is 19.5. The van der Waals surface area contributed by atoms with Crippen molar-refractivity contribution in [3.05, 3.63) is 53.2 Å². The lowest BCUT2D eigenvalue weighted by molar-refractivity contribution is 0.200. The SMILES string of the molecule is CC1(Oc2ccc3c(c2)C(c2ccnc(N4CCN(S(C)(=O)=O)CC4)c2)=NC3)CC1. The Labute approximate surface area is 177 Å². The van der Waals surface area contributed by atoms with Crippen LogP contribution in [0.3, 0.4) is 0 Å². The number of fused-ring (bicyclic) bond motifs is 1. The van der Waals surface area contributed by atoms with Gasteiger partial charge in [-0.25, -0.2) is 13.4 Å². The predicted molar refractivity (Wildman–Crippen MR) is 117 cm³/mol. The van der Waals surface area contributed by atoms with Crippen molar-refractivity contribution in [3.63, 3.8) is 0 Å². The topological polar surface area (TPSA) is 75.1 Å². The maximum Gasteiger partial charge on any atom is 0.211 e. The monoisotopic (exact) mass is 426 g/mol. The van der Waals surface area contributed by atoms with Crippen molar-refractivity contribution < 1.29 is 13.2 Å². The number of anilines is 1. The average molecular weight is 427 g/mol. The Morgan fingerprint density at radius 1 is 1.07 bits per heavy atom. The number of aromatic nitrogens is 1. The van der Waals surface area contributed by atoms with Gasteiger partial charge in [0.05, 0.1) is 18.5 Å². The zero-order valence-electron chi connectivity index (χ0n) is 17.3. The Kier molecular flexibility index (Phi) is 4.59. The van der Waals surface area contributed by atoms with E-state index in [2.05, 4.69) is 35.0 Å². The molecule has 0 spiro atoms. The van der Waals surface area contributed by atoms with Gasteiger partial charge in [-0.05, 0) is 49.6 Å². The van der Waals surface area contributed by atoms with Crippen molar-refractivity contribution in [2.45, 2.75) is 31.9 Å². The van der Waals surface area contributed by atoms with E-state index >= 15 is 0 Å². The molecule has 30 heavy (non-hydrogen) atoms. The second-order valence-electron chi connectivity index (χ2n) is 8.59. The molecule has 1 aromatic heterocycles.